The van der Waals surface area contributed by atoms with Crippen molar-refractivity contribution in [1.82, 2.24) is 14.5 Å². The second-order valence-corrected chi connectivity index (χ2v) is 12.5. The molecule has 0 radical (unpaired) electrons. The van der Waals surface area contributed by atoms with E-state index in [1.165, 1.54) is 47.8 Å². The van der Waals surface area contributed by atoms with Crippen LogP contribution in [-0.2, 0) is 0 Å². The van der Waals surface area contributed by atoms with Crippen LogP contribution in [0.1, 0.15) is 0 Å². The Bertz CT molecular complexity index is 2790. The molecule has 3 aromatic heterocycles. The van der Waals surface area contributed by atoms with E-state index in [-0.39, 0.29) is 0 Å². The highest BCUT2D eigenvalue weighted by Crippen LogP contribution is 2.40. The molecule has 4 heteroatoms. The van der Waals surface area contributed by atoms with E-state index in [9.17, 15) is 0 Å². The van der Waals surface area contributed by atoms with E-state index in [1.807, 2.05) is 0 Å². The topological polar surface area (TPSA) is 30.7 Å². The van der Waals surface area contributed by atoms with Gasteiger partial charge >= 0.3 is 0 Å². The molecule has 0 unspecified atom stereocenters. The molecule has 3 nitrogen and oxygen atoms in total. The zero-order chi connectivity index (χ0) is 28.8. The molecule has 0 fully saturated rings. The highest BCUT2D eigenvalue weighted by Gasteiger charge is 2.21. The van der Waals surface area contributed by atoms with Crippen molar-refractivity contribution in [3.63, 3.8) is 0 Å². The molecule has 10 rings (SSSR count). The van der Waals surface area contributed by atoms with Gasteiger partial charge < -0.3 is 0 Å². The number of benzene rings is 7. The molecule has 0 amide bonds. The third-order valence-corrected chi connectivity index (χ3v) is 10.0. The zero-order valence-corrected chi connectivity index (χ0v) is 24.3. The van der Waals surface area contributed by atoms with Crippen LogP contribution in [0.15, 0.2) is 140 Å². The van der Waals surface area contributed by atoms with E-state index in [4.69, 9.17) is 9.97 Å². The van der Waals surface area contributed by atoms with Crippen LogP contribution in [0.4, 0.5) is 0 Å². The Labute approximate surface area is 256 Å². The molecule has 204 valence electrons. The Kier molecular flexibility index (Phi) is 4.87. The molecule has 0 aliphatic heterocycles. The number of rotatable bonds is 2. The lowest BCUT2D eigenvalue weighted by Gasteiger charge is -2.14. The summed E-state index contributed by atoms with van der Waals surface area (Å²) >= 11 is 1.71. The largest absolute Gasteiger partial charge is 0.292 e. The van der Waals surface area contributed by atoms with Crippen LogP contribution in [0.3, 0.4) is 0 Å². The fraction of sp³-hybridized carbons (Fsp3) is 0. The van der Waals surface area contributed by atoms with Gasteiger partial charge in [0.2, 0.25) is 0 Å². The fourth-order valence-electron chi connectivity index (χ4n) is 6.90. The second-order valence-electron chi connectivity index (χ2n) is 11.4. The van der Waals surface area contributed by atoms with Crippen LogP contribution in [0.25, 0.3) is 91.6 Å². The van der Waals surface area contributed by atoms with Crippen LogP contribution < -0.4 is 0 Å². The number of aromatic nitrogens is 3. The Morgan fingerprint density at radius 3 is 1.98 bits per heavy atom. The predicted octanol–water partition coefficient (Wildman–Crippen LogP) is 11.1. The number of thiophene rings is 1. The lowest BCUT2D eigenvalue weighted by Crippen LogP contribution is -2.03. The van der Waals surface area contributed by atoms with Gasteiger partial charge in [-0.1, -0.05) is 109 Å². The quantitative estimate of drug-likeness (QED) is 0.191. The first-order chi connectivity index (χ1) is 21.8. The van der Waals surface area contributed by atoms with Gasteiger partial charge in [0.15, 0.2) is 5.82 Å². The summed E-state index contributed by atoms with van der Waals surface area (Å²) in [6.45, 7) is 0. The number of nitrogens with zero attached hydrogens (tertiary/aromatic N) is 3. The third kappa shape index (κ3) is 3.37. The van der Waals surface area contributed by atoms with E-state index < -0.39 is 0 Å². The molecule has 0 bridgehead atoms. The molecule has 44 heavy (non-hydrogen) atoms. The minimum Gasteiger partial charge on any atom is -0.292 e. The highest BCUT2D eigenvalue weighted by molar-refractivity contribution is 7.25. The van der Waals surface area contributed by atoms with Crippen LogP contribution >= 0.6 is 11.3 Å². The molecule has 0 saturated heterocycles. The van der Waals surface area contributed by atoms with Gasteiger partial charge in [-0.05, 0) is 62.6 Å². The van der Waals surface area contributed by atoms with Gasteiger partial charge in [-0.15, -0.1) is 11.3 Å². The van der Waals surface area contributed by atoms with Crippen molar-refractivity contribution in [2.75, 3.05) is 0 Å². The number of hydrogen-bond donors (Lipinski definition) is 0. The number of hydrogen-bond acceptors (Lipinski definition) is 3. The molecule has 0 aliphatic carbocycles. The van der Waals surface area contributed by atoms with E-state index in [1.54, 1.807) is 11.3 Å². The molecule has 0 aliphatic rings. The third-order valence-electron chi connectivity index (χ3n) is 8.97. The van der Waals surface area contributed by atoms with E-state index in [0.717, 1.165) is 43.8 Å². The Morgan fingerprint density at radius 2 is 1.11 bits per heavy atom. The minimum atomic E-state index is 0.849. The predicted molar refractivity (Wildman–Crippen MR) is 187 cm³/mol. The number of para-hydroxylation sites is 1. The van der Waals surface area contributed by atoms with E-state index >= 15 is 0 Å². The summed E-state index contributed by atoms with van der Waals surface area (Å²) in [5.74, 6) is 0.849. The van der Waals surface area contributed by atoms with Crippen molar-refractivity contribution in [2.24, 2.45) is 0 Å². The fourth-order valence-corrected chi connectivity index (χ4v) is 7.91. The average molecular weight is 578 g/mol. The van der Waals surface area contributed by atoms with Crippen LogP contribution in [0.5, 0.6) is 0 Å². The zero-order valence-electron chi connectivity index (χ0n) is 23.5. The highest BCUT2D eigenvalue weighted by atomic mass is 32.1. The monoisotopic (exact) mass is 577 g/mol. The summed E-state index contributed by atoms with van der Waals surface area (Å²) in [5, 5.41) is 10.9. The van der Waals surface area contributed by atoms with Gasteiger partial charge in [-0.3, -0.25) is 4.57 Å². The van der Waals surface area contributed by atoms with Gasteiger partial charge in [-0.2, -0.15) is 0 Å². The summed E-state index contributed by atoms with van der Waals surface area (Å²) < 4.78 is 3.53. The molecule has 10 aromatic rings. The second kappa shape index (κ2) is 8.96. The van der Waals surface area contributed by atoms with Crippen molar-refractivity contribution >= 4 is 85.9 Å². The molecule has 0 spiro atoms. The minimum absolute atomic E-state index is 0.849. The normalized spacial score (nSPS) is 12.1. The maximum Gasteiger partial charge on any atom is 0.165 e. The molecule has 0 N–H and O–H groups in total. The SMILES string of the molecule is c1ccc2cc3c(cc2c1)c1ccccc1n3-c1nc2c(nc1-c1ccc3ccc4ccccc4c3c1)sc1ccccc12. The van der Waals surface area contributed by atoms with E-state index in [2.05, 4.69) is 144 Å². The lowest BCUT2D eigenvalue weighted by atomic mass is 9.99. The summed E-state index contributed by atoms with van der Waals surface area (Å²) in [6, 6.07) is 50.1. The summed E-state index contributed by atoms with van der Waals surface area (Å²) in [7, 11) is 0. The van der Waals surface area contributed by atoms with Crippen LogP contribution in [-0.4, -0.2) is 14.5 Å². The van der Waals surface area contributed by atoms with Gasteiger partial charge in [0.1, 0.15) is 16.0 Å². The standard InChI is InChI=1S/C40H23N3S/c1-2-11-27-23-35-33(21-26(27)10-1)30-13-5-7-15-34(30)43(35)39-37(42-40-38(41-39)31-14-6-8-16-36(31)44-40)28-20-19-25-18-17-24-9-3-4-12-29(24)32(25)22-28/h1-23H. The Balaban J connectivity index is 1.37. The molecule has 0 atom stereocenters. The summed E-state index contributed by atoms with van der Waals surface area (Å²) in [6.07, 6.45) is 0. The first-order valence-electron chi connectivity index (χ1n) is 14.8. The van der Waals surface area contributed by atoms with Crippen LogP contribution in [0, 0.1) is 0 Å². The van der Waals surface area contributed by atoms with Gasteiger partial charge in [0, 0.05) is 26.4 Å². The summed E-state index contributed by atoms with van der Waals surface area (Å²) in [5.41, 5.74) is 5.14. The van der Waals surface area contributed by atoms with Crippen molar-refractivity contribution in [3.05, 3.63) is 140 Å². The lowest BCUT2D eigenvalue weighted by molar-refractivity contribution is 1.09. The van der Waals surface area contributed by atoms with Crippen molar-refractivity contribution < 1.29 is 0 Å². The summed E-state index contributed by atoms with van der Waals surface area (Å²) in [4.78, 5) is 11.9. The molecule has 7 aromatic carbocycles. The molecular formula is C40H23N3S. The first-order valence-corrected chi connectivity index (χ1v) is 15.7. The maximum atomic E-state index is 5.52. The van der Waals surface area contributed by atoms with Crippen LogP contribution in [0.2, 0.25) is 0 Å². The molecule has 0 saturated carbocycles. The molecule has 3 heterocycles. The van der Waals surface area contributed by atoms with Crippen molar-refractivity contribution in [3.8, 4) is 17.1 Å². The molecular weight excluding hydrogens is 555 g/mol. The Morgan fingerprint density at radius 1 is 0.455 bits per heavy atom. The van der Waals surface area contributed by atoms with Crippen molar-refractivity contribution in [1.29, 1.82) is 0 Å². The maximum absolute atomic E-state index is 5.52. The first kappa shape index (κ1) is 23.9. The van der Waals surface area contributed by atoms with Gasteiger partial charge in [-0.25, -0.2) is 9.97 Å². The average Bonchev–Trinajstić information content (AvgIpc) is 3.61. The Hall–Kier alpha value is -5.58. The van der Waals surface area contributed by atoms with Crippen molar-refractivity contribution in [2.45, 2.75) is 0 Å². The van der Waals surface area contributed by atoms with E-state index in [0.29, 0.717) is 0 Å². The van der Waals surface area contributed by atoms with Gasteiger partial charge in [0.25, 0.3) is 0 Å². The van der Waals surface area contributed by atoms with Gasteiger partial charge in [0.05, 0.1) is 11.0 Å². The number of fused-ring (bicyclic) bond motifs is 10. The smallest absolute Gasteiger partial charge is 0.165 e.